The van der Waals surface area contributed by atoms with E-state index in [2.05, 4.69) is 10.6 Å². The zero-order valence-corrected chi connectivity index (χ0v) is 9.53. The molecule has 0 bridgehead atoms. The quantitative estimate of drug-likeness (QED) is 0.556. The highest BCUT2D eigenvalue weighted by molar-refractivity contribution is 5.80. The van der Waals surface area contributed by atoms with E-state index in [0.29, 0.717) is 19.6 Å². The van der Waals surface area contributed by atoms with Crippen molar-refractivity contribution in [2.75, 3.05) is 32.7 Å². The fourth-order valence-corrected chi connectivity index (χ4v) is 1.68. The summed E-state index contributed by atoms with van der Waals surface area (Å²) in [6.45, 7) is 4.50. The van der Waals surface area contributed by atoms with Crippen molar-refractivity contribution in [2.24, 2.45) is 0 Å². The summed E-state index contributed by atoms with van der Waals surface area (Å²) in [6, 6.07) is -0.596. The lowest BCUT2D eigenvalue weighted by atomic mass is 10.2. The predicted octanol–water partition coefficient (Wildman–Crippen LogP) is -1.13. The minimum Gasteiger partial charge on any atom is -0.480 e. The largest absolute Gasteiger partial charge is 0.480 e. The van der Waals surface area contributed by atoms with Crippen LogP contribution in [0.4, 0.5) is 0 Å². The van der Waals surface area contributed by atoms with E-state index in [9.17, 15) is 9.59 Å². The second-order valence-corrected chi connectivity index (χ2v) is 3.88. The Balaban J connectivity index is 2.43. The Morgan fingerprint density at radius 1 is 1.56 bits per heavy atom. The summed E-state index contributed by atoms with van der Waals surface area (Å²) >= 11 is 0. The first-order valence-electron chi connectivity index (χ1n) is 5.59. The molecule has 0 spiro atoms. The summed E-state index contributed by atoms with van der Waals surface area (Å²) in [4.78, 5) is 24.1. The van der Waals surface area contributed by atoms with Gasteiger partial charge in [-0.05, 0) is 6.42 Å². The van der Waals surface area contributed by atoms with Crippen LogP contribution in [0.1, 0.15) is 13.3 Å². The molecule has 1 amide bonds. The highest BCUT2D eigenvalue weighted by atomic mass is 16.4. The molecule has 0 aromatic carbocycles. The average Bonchev–Trinajstić information content (AvgIpc) is 2.27. The molecule has 1 heterocycles. The smallest absolute Gasteiger partial charge is 0.322 e. The Morgan fingerprint density at radius 3 is 2.94 bits per heavy atom. The normalized spacial score (nSPS) is 21.7. The standard InChI is InChI=1S/C10H19N3O3/c1-2-3-12-9(14)7-13-5-4-11-6-8(13)10(15)16/h8,11H,2-7H2,1H3,(H,12,14)(H,15,16). The maximum Gasteiger partial charge on any atom is 0.322 e. The van der Waals surface area contributed by atoms with Crippen molar-refractivity contribution in [1.82, 2.24) is 15.5 Å². The van der Waals surface area contributed by atoms with E-state index in [1.807, 2.05) is 6.92 Å². The molecule has 0 aromatic heterocycles. The summed E-state index contributed by atoms with van der Waals surface area (Å²) in [5, 5.41) is 14.7. The molecule has 1 fully saturated rings. The van der Waals surface area contributed by atoms with Crippen LogP contribution in [0.2, 0.25) is 0 Å². The molecule has 1 atom stereocenters. The van der Waals surface area contributed by atoms with Crippen LogP contribution in [-0.2, 0) is 9.59 Å². The number of carboxylic acid groups (broad SMARTS) is 1. The van der Waals surface area contributed by atoms with Crippen molar-refractivity contribution in [2.45, 2.75) is 19.4 Å². The Hall–Kier alpha value is -1.14. The van der Waals surface area contributed by atoms with E-state index < -0.39 is 12.0 Å². The van der Waals surface area contributed by atoms with Gasteiger partial charge in [0.1, 0.15) is 6.04 Å². The number of aliphatic carboxylic acids is 1. The van der Waals surface area contributed by atoms with E-state index >= 15 is 0 Å². The fourth-order valence-electron chi connectivity index (χ4n) is 1.68. The first kappa shape index (κ1) is 12.9. The topological polar surface area (TPSA) is 81.7 Å². The second-order valence-electron chi connectivity index (χ2n) is 3.88. The monoisotopic (exact) mass is 229 g/mol. The Labute approximate surface area is 95.0 Å². The van der Waals surface area contributed by atoms with E-state index in [4.69, 9.17) is 5.11 Å². The van der Waals surface area contributed by atoms with Gasteiger partial charge in [-0.2, -0.15) is 0 Å². The average molecular weight is 229 g/mol. The molecule has 1 unspecified atom stereocenters. The first-order valence-corrected chi connectivity index (χ1v) is 5.59. The number of carbonyl (C=O) groups excluding carboxylic acids is 1. The maximum atomic E-state index is 11.5. The van der Waals surface area contributed by atoms with Gasteiger partial charge in [-0.1, -0.05) is 6.92 Å². The summed E-state index contributed by atoms with van der Waals surface area (Å²) in [6.07, 6.45) is 0.885. The van der Waals surface area contributed by atoms with E-state index in [1.54, 1.807) is 4.90 Å². The molecule has 0 radical (unpaired) electrons. The molecule has 3 N–H and O–H groups in total. The molecule has 0 aliphatic carbocycles. The summed E-state index contributed by atoms with van der Waals surface area (Å²) < 4.78 is 0. The van der Waals surface area contributed by atoms with Crippen LogP contribution >= 0.6 is 0 Å². The van der Waals surface area contributed by atoms with E-state index in [1.165, 1.54) is 0 Å². The number of nitrogens with one attached hydrogen (secondary N) is 2. The highest BCUT2D eigenvalue weighted by Gasteiger charge is 2.29. The van der Waals surface area contributed by atoms with Crippen LogP contribution in [0, 0.1) is 0 Å². The summed E-state index contributed by atoms with van der Waals surface area (Å²) in [5.41, 5.74) is 0. The second kappa shape index (κ2) is 6.44. The molecular weight excluding hydrogens is 210 g/mol. The number of hydrogen-bond acceptors (Lipinski definition) is 4. The van der Waals surface area contributed by atoms with Crippen molar-refractivity contribution in [3.05, 3.63) is 0 Å². The zero-order chi connectivity index (χ0) is 12.0. The summed E-state index contributed by atoms with van der Waals surface area (Å²) in [5.74, 6) is -0.981. The molecule has 92 valence electrons. The maximum absolute atomic E-state index is 11.5. The van der Waals surface area contributed by atoms with Gasteiger partial charge in [0.25, 0.3) is 0 Å². The van der Waals surface area contributed by atoms with Crippen LogP contribution in [0.5, 0.6) is 0 Å². The van der Waals surface area contributed by atoms with Crippen LogP contribution in [0.15, 0.2) is 0 Å². The molecule has 1 saturated heterocycles. The third-order valence-corrected chi connectivity index (χ3v) is 2.56. The molecular formula is C10H19N3O3. The molecule has 1 aliphatic rings. The predicted molar refractivity (Wildman–Crippen MR) is 59.2 cm³/mol. The van der Waals surface area contributed by atoms with Crippen LogP contribution < -0.4 is 10.6 Å². The van der Waals surface area contributed by atoms with Gasteiger partial charge in [0.05, 0.1) is 6.54 Å². The van der Waals surface area contributed by atoms with Gasteiger partial charge in [-0.15, -0.1) is 0 Å². The lowest BCUT2D eigenvalue weighted by molar-refractivity contribution is -0.144. The number of nitrogens with zero attached hydrogens (tertiary/aromatic N) is 1. The Bertz CT molecular complexity index is 258. The van der Waals surface area contributed by atoms with Gasteiger partial charge < -0.3 is 15.7 Å². The molecule has 1 aliphatic heterocycles. The Morgan fingerprint density at radius 2 is 2.31 bits per heavy atom. The zero-order valence-electron chi connectivity index (χ0n) is 9.53. The van der Waals surface area contributed by atoms with Crippen LogP contribution in [0.25, 0.3) is 0 Å². The lowest BCUT2D eigenvalue weighted by Gasteiger charge is -2.32. The SMILES string of the molecule is CCCNC(=O)CN1CCNCC1C(=O)O. The third kappa shape index (κ3) is 3.79. The van der Waals surface area contributed by atoms with Gasteiger partial charge >= 0.3 is 5.97 Å². The van der Waals surface area contributed by atoms with Crippen molar-refractivity contribution >= 4 is 11.9 Å². The van der Waals surface area contributed by atoms with Crippen molar-refractivity contribution < 1.29 is 14.7 Å². The molecule has 0 saturated carbocycles. The van der Waals surface area contributed by atoms with Gasteiger partial charge in [-0.3, -0.25) is 14.5 Å². The van der Waals surface area contributed by atoms with Crippen LogP contribution in [0.3, 0.4) is 0 Å². The van der Waals surface area contributed by atoms with E-state index in [-0.39, 0.29) is 12.5 Å². The van der Waals surface area contributed by atoms with Crippen molar-refractivity contribution in [3.63, 3.8) is 0 Å². The van der Waals surface area contributed by atoms with Gasteiger partial charge in [0.15, 0.2) is 0 Å². The van der Waals surface area contributed by atoms with Crippen molar-refractivity contribution in [1.29, 1.82) is 0 Å². The lowest BCUT2D eigenvalue weighted by Crippen LogP contribution is -2.57. The minimum absolute atomic E-state index is 0.102. The molecule has 1 rings (SSSR count). The highest BCUT2D eigenvalue weighted by Crippen LogP contribution is 2.02. The number of piperazine rings is 1. The Kier molecular flexibility index (Phi) is 5.21. The number of carboxylic acids is 1. The number of amides is 1. The van der Waals surface area contributed by atoms with Gasteiger partial charge in [0, 0.05) is 26.2 Å². The fraction of sp³-hybridized carbons (Fsp3) is 0.800. The van der Waals surface area contributed by atoms with Gasteiger partial charge in [0.2, 0.25) is 5.91 Å². The number of rotatable bonds is 5. The van der Waals surface area contributed by atoms with E-state index in [0.717, 1.165) is 13.0 Å². The molecule has 6 heteroatoms. The van der Waals surface area contributed by atoms with Crippen LogP contribution in [-0.4, -0.2) is 60.6 Å². The number of carbonyl (C=O) groups is 2. The summed E-state index contributed by atoms with van der Waals surface area (Å²) in [7, 11) is 0. The molecule has 16 heavy (non-hydrogen) atoms. The third-order valence-electron chi connectivity index (χ3n) is 2.56. The molecule has 6 nitrogen and oxygen atoms in total. The minimum atomic E-state index is -0.879. The first-order chi connectivity index (χ1) is 7.65. The van der Waals surface area contributed by atoms with Crippen molar-refractivity contribution in [3.8, 4) is 0 Å². The number of hydrogen-bond donors (Lipinski definition) is 3. The molecule has 0 aromatic rings. The van der Waals surface area contributed by atoms with Gasteiger partial charge in [-0.25, -0.2) is 0 Å².